The SMILES string of the molecule is CCOC(=O)NNC(=O)Cc1ccc(Br)cc1. The summed E-state index contributed by atoms with van der Waals surface area (Å²) in [5.41, 5.74) is 5.26. The molecule has 1 rings (SSSR count). The van der Waals surface area contributed by atoms with Gasteiger partial charge in [-0.05, 0) is 24.6 Å². The van der Waals surface area contributed by atoms with Crippen molar-refractivity contribution in [3.63, 3.8) is 0 Å². The number of nitrogens with one attached hydrogen (secondary N) is 2. The summed E-state index contributed by atoms with van der Waals surface area (Å²) in [5, 5.41) is 0. The highest BCUT2D eigenvalue weighted by molar-refractivity contribution is 9.10. The van der Waals surface area contributed by atoms with Gasteiger partial charge < -0.3 is 4.74 Å². The van der Waals surface area contributed by atoms with Crippen LogP contribution < -0.4 is 10.9 Å². The van der Waals surface area contributed by atoms with Crippen LogP contribution in [-0.4, -0.2) is 18.6 Å². The second-order valence-corrected chi connectivity index (χ2v) is 4.11. The molecule has 5 nitrogen and oxygen atoms in total. The normalized spacial score (nSPS) is 9.53. The minimum atomic E-state index is -0.670. The quantitative estimate of drug-likeness (QED) is 0.836. The summed E-state index contributed by atoms with van der Waals surface area (Å²) in [6.07, 6.45) is -0.476. The molecule has 0 aliphatic carbocycles. The third-order valence-electron chi connectivity index (χ3n) is 1.86. The summed E-state index contributed by atoms with van der Waals surface area (Å²) in [6, 6.07) is 7.35. The summed E-state index contributed by atoms with van der Waals surface area (Å²) < 4.78 is 5.54. The van der Waals surface area contributed by atoms with Crippen LogP contribution in [0.3, 0.4) is 0 Å². The van der Waals surface area contributed by atoms with Crippen LogP contribution in [0.5, 0.6) is 0 Å². The third kappa shape index (κ3) is 5.35. The second kappa shape index (κ2) is 6.90. The number of halogens is 1. The maximum atomic E-state index is 11.4. The lowest BCUT2D eigenvalue weighted by molar-refractivity contribution is -0.121. The molecule has 0 saturated carbocycles. The molecule has 0 atom stereocenters. The molecule has 6 heteroatoms. The number of carbonyl (C=O) groups is 2. The van der Waals surface area contributed by atoms with E-state index in [1.807, 2.05) is 24.3 Å². The molecule has 1 aromatic carbocycles. The summed E-state index contributed by atoms with van der Waals surface area (Å²) in [6.45, 7) is 1.94. The minimum Gasteiger partial charge on any atom is -0.449 e. The van der Waals surface area contributed by atoms with E-state index in [0.717, 1.165) is 10.0 Å². The van der Waals surface area contributed by atoms with Crippen molar-refractivity contribution >= 4 is 27.9 Å². The Kier molecular flexibility index (Phi) is 5.48. The van der Waals surface area contributed by atoms with Gasteiger partial charge in [-0.15, -0.1) is 0 Å². The highest BCUT2D eigenvalue weighted by atomic mass is 79.9. The Balaban J connectivity index is 2.34. The van der Waals surface area contributed by atoms with Gasteiger partial charge in [-0.3, -0.25) is 10.2 Å². The fourth-order valence-corrected chi connectivity index (χ4v) is 1.38. The van der Waals surface area contributed by atoms with Gasteiger partial charge in [0.1, 0.15) is 0 Å². The van der Waals surface area contributed by atoms with E-state index in [9.17, 15) is 9.59 Å². The first-order chi connectivity index (χ1) is 8.11. The van der Waals surface area contributed by atoms with Crippen molar-refractivity contribution < 1.29 is 14.3 Å². The van der Waals surface area contributed by atoms with Gasteiger partial charge in [0.05, 0.1) is 13.0 Å². The molecule has 2 N–H and O–H groups in total. The van der Waals surface area contributed by atoms with E-state index in [0.29, 0.717) is 0 Å². The highest BCUT2D eigenvalue weighted by Gasteiger charge is 2.05. The van der Waals surface area contributed by atoms with Crippen LogP contribution in [0.15, 0.2) is 28.7 Å². The van der Waals surface area contributed by atoms with Gasteiger partial charge in [0.2, 0.25) is 5.91 Å². The second-order valence-electron chi connectivity index (χ2n) is 3.20. The van der Waals surface area contributed by atoms with Crippen molar-refractivity contribution in [1.82, 2.24) is 10.9 Å². The molecule has 0 heterocycles. The molecule has 0 radical (unpaired) electrons. The maximum absolute atomic E-state index is 11.4. The lowest BCUT2D eigenvalue weighted by Gasteiger charge is -2.07. The summed E-state index contributed by atoms with van der Waals surface area (Å²) >= 11 is 3.30. The summed E-state index contributed by atoms with van der Waals surface area (Å²) in [7, 11) is 0. The lowest BCUT2D eigenvalue weighted by Crippen LogP contribution is -2.42. The Morgan fingerprint density at radius 2 is 1.88 bits per heavy atom. The number of rotatable bonds is 3. The predicted octanol–water partition coefficient (Wildman–Crippen LogP) is 1.77. The van der Waals surface area contributed by atoms with Crippen LogP contribution in [0.2, 0.25) is 0 Å². The van der Waals surface area contributed by atoms with E-state index in [-0.39, 0.29) is 18.9 Å². The molecule has 1 aromatic rings. The van der Waals surface area contributed by atoms with Crippen molar-refractivity contribution in [3.8, 4) is 0 Å². The molecular formula is C11H13BrN2O3. The first-order valence-electron chi connectivity index (χ1n) is 5.08. The van der Waals surface area contributed by atoms with Gasteiger partial charge in [-0.1, -0.05) is 28.1 Å². The molecule has 92 valence electrons. The zero-order chi connectivity index (χ0) is 12.7. The molecule has 0 fully saturated rings. The fraction of sp³-hybridized carbons (Fsp3) is 0.273. The standard InChI is InChI=1S/C11H13BrN2O3/c1-2-17-11(16)14-13-10(15)7-8-3-5-9(12)6-4-8/h3-6H,2,7H2,1H3,(H,13,15)(H,14,16). The van der Waals surface area contributed by atoms with Crippen molar-refractivity contribution in [2.24, 2.45) is 0 Å². The summed E-state index contributed by atoms with van der Waals surface area (Å²) in [5.74, 6) is -0.305. The van der Waals surface area contributed by atoms with Crippen molar-refractivity contribution in [3.05, 3.63) is 34.3 Å². The maximum Gasteiger partial charge on any atom is 0.426 e. The molecule has 17 heavy (non-hydrogen) atoms. The average Bonchev–Trinajstić information content (AvgIpc) is 2.30. The molecule has 0 saturated heterocycles. The van der Waals surface area contributed by atoms with Crippen molar-refractivity contribution in [1.29, 1.82) is 0 Å². The monoisotopic (exact) mass is 300 g/mol. The molecule has 0 aromatic heterocycles. The molecule has 0 aliphatic rings. The number of hydrogen-bond acceptors (Lipinski definition) is 3. The molecule has 0 unspecified atom stereocenters. The van der Waals surface area contributed by atoms with E-state index < -0.39 is 6.09 Å². The number of ether oxygens (including phenoxy) is 1. The molecule has 0 spiro atoms. The van der Waals surface area contributed by atoms with Gasteiger partial charge in [-0.2, -0.15) is 0 Å². The van der Waals surface area contributed by atoms with Gasteiger partial charge in [-0.25, -0.2) is 10.2 Å². The van der Waals surface area contributed by atoms with E-state index in [4.69, 9.17) is 0 Å². The number of benzene rings is 1. The molecule has 0 bridgehead atoms. The number of hydrogen-bond donors (Lipinski definition) is 2. The molecule has 2 amide bonds. The Morgan fingerprint density at radius 3 is 2.47 bits per heavy atom. The molecular weight excluding hydrogens is 288 g/mol. The average molecular weight is 301 g/mol. The van der Waals surface area contributed by atoms with Crippen LogP contribution in [0.25, 0.3) is 0 Å². The van der Waals surface area contributed by atoms with Gasteiger partial charge >= 0.3 is 6.09 Å². The fourth-order valence-electron chi connectivity index (χ4n) is 1.12. The topological polar surface area (TPSA) is 67.4 Å². The third-order valence-corrected chi connectivity index (χ3v) is 2.39. The van der Waals surface area contributed by atoms with Gasteiger partial charge in [0.25, 0.3) is 0 Å². The van der Waals surface area contributed by atoms with E-state index in [2.05, 4.69) is 31.5 Å². The minimum absolute atomic E-state index is 0.194. The summed E-state index contributed by atoms with van der Waals surface area (Å²) in [4.78, 5) is 22.3. The first kappa shape index (κ1) is 13.5. The van der Waals surface area contributed by atoms with Gasteiger partial charge in [0.15, 0.2) is 0 Å². The number of carbonyl (C=O) groups excluding carboxylic acids is 2. The van der Waals surface area contributed by atoms with E-state index >= 15 is 0 Å². The first-order valence-corrected chi connectivity index (χ1v) is 5.87. The lowest BCUT2D eigenvalue weighted by atomic mass is 10.1. The zero-order valence-electron chi connectivity index (χ0n) is 9.33. The Bertz CT molecular complexity index is 392. The predicted molar refractivity (Wildman–Crippen MR) is 66.1 cm³/mol. The Morgan fingerprint density at radius 1 is 1.24 bits per heavy atom. The largest absolute Gasteiger partial charge is 0.449 e. The van der Waals surface area contributed by atoms with Crippen LogP contribution in [-0.2, 0) is 16.0 Å². The van der Waals surface area contributed by atoms with Crippen LogP contribution in [0.1, 0.15) is 12.5 Å². The van der Waals surface area contributed by atoms with E-state index in [1.165, 1.54) is 0 Å². The Hall–Kier alpha value is -1.56. The van der Waals surface area contributed by atoms with E-state index in [1.54, 1.807) is 6.92 Å². The smallest absolute Gasteiger partial charge is 0.426 e. The highest BCUT2D eigenvalue weighted by Crippen LogP contribution is 2.10. The zero-order valence-corrected chi connectivity index (χ0v) is 10.9. The van der Waals surface area contributed by atoms with Crippen LogP contribution in [0.4, 0.5) is 4.79 Å². The molecule has 0 aliphatic heterocycles. The van der Waals surface area contributed by atoms with Crippen molar-refractivity contribution in [2.75, 3.05) is 6.61 Å². The Labute approximate surface area is 108 Å². The van der Waals surface area contributed by atoms with Crippen LogP contribution in [0, 0.1) is 0 Å². The number of amides is 2. The van der Waals surface area contributed by atoms with Gasteiger partial charge in [0, 0.05) is 4.47 Å². The van der Waals surface area contributed by atoms with Crippen molar-refractivity contribution in [2.45, 2.75) is 13.3 Å². The van der Waals surface area contributed by atoms with Crippen LogP contribution >= 0.6 is 15.9 Å². The number of hydrazine groups is 1.